The Morgan fingerprint density at radius 2 is 1.45 bits per heavy atom. The zero-order valence-corrected chi connectivity index (χ0v) is 29.7. The number of hydrogen-bond acceptors (Lipinski definition) is 14. The molecule has 282 valence electrons. The number of halogens is 3. The number of hydrogen-bond donors (Lipinski definition) is 0. The Hall–Kier alpha value is -4.85. The van der Waals surface area contributed by atoms with Crippen LogP contribution >= 0.6 is 11.8 Å². The van der Waals surface area contributed by atoms with E-state index >= 15 is 0 Å². The molecule has 4 aromatic rings. The van der Waals surface area contributed by atoms with Gasteiger partial charge in [-0.3, -0.25) is 14.4 Å². The number of thioether (sulfide) groups is 1. The van der Waals surface area contributed by atoms with Crippen LogP contribution in [0.4, 0.5) is 13.2 Å². The van der Waals surface area contributed by atoms with Gasteiger partial charge in [0, 0.05) is 39.0 Å². The maximum atomic E-state index is 14.2. The molecule has 6 rings (SSSR count). The number of carbonyl (C=O) groups is 3. The van der Waals surface area contributed by atoms with E-state index in [1.54, 1.807) is 10.9 Å². The molecule has 2 aromatic carbocycles. The molecule has 0 spiro atoms. The van der Waals surface area contributed by atoms with Gasteiger partial charge in [0.05, 0.1) is 30.9 Å². The molecule has 2 aliphatic rings. The predicted octanol–water partition coefficient (Wildman–Crippen LogP) is 3.70. The number of methoxy groups -OCH3 is 1. The highest BCUT2D eigenvalue weighted by atomic mass is 32.2. The monoisotopic (exact) mass is 760 g/mol. The van der Waals surface area contributed by atoms with Gasteiger partial charge in [0.1, 0.15) is 53.8 Å². The van der Waals surface area contributed by atoms with Crippen LogP contribution in [-0.4, -0.2) is 110 Å². The summed E-state index contributed by atoms with van der Waals surface area (Å²) >= 11 is 1.20. The fourth-order valence-corrected chi connectivity index (χ4v) is 7.81. The summed E-state index contributed by atoms with van der Waals surface area (Å²) in [7, 11) is 1.39. The van der Waals surface area contributed by atoms with Gasteiger partial charge in [-0.2, -0.15) is 0 Å². The molecule has 0 amide bonds. The summed E-state index contributed by atoms with van der Waals surface area (Å²) in [4.78, 5) is 36.8. The lowest BCUT2D eigenvalue weighted by atomic mass is 9.96. The number of nitrogens with zero attached hydrogens (tertiary/aromatic N) is 6. The Bertz CT molecular complexity index is 1910. The highest BCUT2D eigenvalue weighted by Gasteiger charge is 2.52. The molecule has 2 fully saturated rings. The highest BCUT2D eigenvalue weighted by molar-refractivity contribution is 8.00. The highest BCUT2D eigenvalue weighted by Crippen LogP contribution is 2.43. The molecule has 2 aliphatic heterocycles. The standard InChI is InChI=1S/C34H35F3N6O9S/c1-17(44)49-15-27-32(51-19(3)46)30(43-13-25(39-41-43)21-10-22(35)29(37)23(36)11-21)33(47-4)34(52-27)53-28-16-48-14-26(31(28)50-18(2)45)42-12-24(38-40-42)20-8-6-5-7-9-20/h5-13,26-28,30-34H,14-16H2,1-4H3/t26-,27+,28+,30-,31+,32-,33+,34-/m0/s1. The minimum atomic E-state index is -1.64. The van der Waals surface area contributed by atoms with Crippen LogP contribution in [0.2, 0.25) is 0 Å². The van der Waals surface area contributed by atoms with Crippen LogP contribution in [0.1, 0.15) is 32.9 Å². The first kappa shape index (κ1) is 37.9. The second kappa shape index (κ2) is 16.4. The van der Waals surface area contributed by atoms with Crippen LogP contribution in [0.5, 0.6) is 0 Å². The van der Waals surface area contributed by atoms with Crippen molar-refractivity contribution in [3.8, 4) is 22.5 Å². The smallest absolute Gasteiger partial charge is 0.303 e. The van der Waals surface area contributed by atoms with Gasteiger partial charge >= 0.3 is 17.9 Å². The average molecular weight is 761 g/mol. The first-order valence-electron chi connectivity index (χ1n) is 16.4. The van der Waals surface area contributed by atoms with Crippen LogP contribution in [0.15, 0.2) is 54.9 Å². The van der Waals surface area contributed by atoms with E-state index in [9.17, 15) is 27.6 Å². The lowest BCUT2D eigenvalue weighted by molar-refractivity contribution is -0.208. The molecule has 19 heteroatoms. The van der Waals surface area contributed by atoms with E-state index in [1.165, 1.54) is 50.5 Å². The molecule has 0 N–H and O–H groups in total. The van der Waals surface area contributed by atoms with Crippen molar-refractivity contribution in [3.05, 3.63) is 72.3 Å². The molecule has 2 aromatic heterocycles. The lowest BCUT2D eigenvalue weighted by Gasteiger charge is -2.46. The summed E-state index contributed by atoms with van der Waals surface area (Å²) in [6, 6.07) is 9.30. The van der Waals surface area contributed by atoms with E-state index in [2.05, 4.69) is 20.6 Å². The van der Waals surface area contributed by atoms with Gasteiger partial charge in [-0.05, 0) is 12.1 Å². The molecule has 0 bridgehead atoms. The molecular formula is C34H35F3N6O9S. The van der Waals surface area contributed by atoms with Gasteiger partial charge in [-0.25, -0.2) is 22.5 Å². The lowest BCUT2D eigenvalue weighted by Crippen LogP contribution is -2.58. The van der Waals surface area contributed by atoms with E-state index < -0.39 is 82.5 Å². The van der Waals surface area contributed by atoms with Crippen molar-refractivity contribution >= 4 is 29.7 Å². The summed E-state index contributed by atoms with van der Waals surface area (Å²) in [5.74, 6) is -6.38. The molecule has 4 heterocycles. The van der Waals surface area contributed by atoms with E-state index in [4.69, 9.17) is 28.4 Å². The number of esters is 3. The number of carbonyl (C=O) groups excluding carboxylic acids is 3. The molecule has 2 saturated heterocycles. The van der Waals surface area contributed by atoms with Crippen molar-refractivity contribution in [1.29, 1.82) is 0 Å². The third kappa shape index (κ3) is 8.53. The molecule has 8 atom stereocenters. The zero-order chi connectivity index (χ0) is 37.8. The quantitative estimate of drug-likeness (QED) is 0.123. The molecule has 0 aliphatic carbocycles. The van der Waals surface area contributed by atoms with Gasteiger partial charge in [0.2, 0.25) is 0 Å². The Balaban J connectivity index is 1.35. The van der Waals surface area contributed by atoms with Crippen molar-refractivity contribution in [2.75, 3.05) is 26.9 Å². The third-order valence-corrected chi connectivity index (χ3v) is 9.99. The fourth-order valence-electron chi connectivity index (χ4n) is 6.27. The summed E-state index contributed by atoms with van der Waals surface area (Å²) in [5.41, 5.74) is 0.336. The summed E-state index contributed by atoms with van der Waals surface area (Å²) in [5, 5.41) is 16.2. The molecule has 15 nitrogen and oxygen atoms in total. The summed E-state index contributed by atoms with van der Waals surface area (Å²) in [6.45, 7) is 3.56. The Kier molecular flexibility index (Phi) is 11.8. The molecule has 0 unspecified atom stereocenters. The minimum absolute atomic E-state index is 0.0346. The van der Waals surface area contributed by atoms with E-state index in [0.717, 1.165) is 17.7 Å². The first-order valence-corrected chi connectivity index (χ1v) is 17.3. The Labute approximate surface area is 305 Å². The van der Waals surface area contributed by atoms with Crippen molar-refractivity contribution in [3.63, 3.8) is 0 Å². The van der Waals surface area contributed by atoms with E-state index in [-0.39, 0.29) is 31.1 Å². The van der Waals surface area contributed by atoms with Gasteiger partial charge < -0.3 is 28.4 Å². The third-order valence-electron chi connectivity index (χ3n) is 8.58. The van der Waals surface area contributed by atoms with E-state index in [0.29, 0.717) is 5.69 Å². The molecular weight excluding hydrogens is 725 g/mol. The maximum absolute atomic E-state index is 14.2. The molecule has 0 radical (unpaired) electrons. The summed E-state index contributed by atoms with van der Waals surface area (Å²) < 4.78 is 80.2. The van der Waals surface area contributed by atoms with E-state index in [1.807, 2.05) is 30.3 Å². The van der Waals surface area contributed by atoms with Crippen molar-refractivity contribution < 1.29 is 56.0 Å². The maximum Gasteiger partial charge on any atom is 0.303 e. The minimum Gasteiger partial charge on any atom is -0.463 e. The first-order chi connectivity index (χ1) is 25.4. The molecule has 0 saturated carbocycles. The Morgan fingerprint density at radius 3 is 2.09 bits per heavy atom. The normalized spacial score (nSPS) is 25.8. The predicted molar refractivity (Wildman–Crippen MR) is 178 cm³/mol. The van der Waals surface area contributed by atoms with Gasteiger partial charge in [0.25, 0.3) is 0 Å². The van der Waals surface area contributed by atoms with Crippen LogP contribution in [-0.2, 0) is 42.8 Å². The zero-order valence-electron chi connectivity index (χ0n) is 28.8. The van der Waals surface area contributed by atoms with Crippen molar-refractivity contribution in [2.45, 2.75) is 68.0 Å². The van der Waals surface area contributed by atoms with Crippen molar-refractivity contribution in [2.24, 2.45) is 0 Å². The van der Waals surface area contributed by atoms with Crippen molar-refractivity contribution in [1.82, 2.24) is 30.0 Å². The largest absolute Gasteiger partial charge is 0.463 e. The van der Waals surface area contributed by atoms with Gasteiger partial charge in [0.15, 0.2) is 23.6 Å². The second-order valence-electron chi connectivity index (χ2n) is 12.3. The topological polar surface area (TPSA) is 168 Å². The van der Waals surface area contributed by atoms with Gasteiger partial charge in [-0.15, -0.1) is 22.0 Å². The van der Waals surface area contributed by atoms with Crippen LogP contribution in [0.25, 0.3) is 22.5 Å². The Morgan fingerprint density at radius 1 is 0.830 bits per heavy atom. The van der Waals surface area contributed by atoms with Crippen LogP contribution in [0.3, 0.4) is 0 Å². The average Bonchev–Trinajstić information content (AvgIpc) is 3.82. The number of benzene rings is 2. The van der Waals surface area contributed by atoms with Gasteiger partial charge in [-0.1, -0.05) is 40.8 Å². The molecule has 53 heavy (non-hydrogen) atoms. The van der Waals surface area contributed by atoms with Crippen LogP contribution < -0.4 is 0 Å². The number of aromatic nitrogens is 6. The summed E-state index contributed by atoms with van der Waals surface area (Å²) in [6.07, 6.45) is -1.04. The van der Waals surface area contributed by atoms with Crippen LogP contribution in [0, 0.1) is 17.5 Å². The second-order valence-corrected chi connectivity index (χ2v) is 13.6. The number of rotatable bonds is 11. The fraction of sp³-hybridized carbons (Fsp3) is 0.441. The SMILES string of the molecule is CO[C@@H]1[C@@H](n2cc(-c3cc(F)c(F)c(F)c3)nn2)[C@@H](OC(C)=O)[C@@H](COC(C)=O)O[C@H]1S[C@@H]1COC[C@H](n2cc(-c3ccccc3)nn2)[C@H]1OC(C)=O. The number of ether oxygens (including phenoxy) is 6.